The third-order valence-corrected chi connectivity index (χ3v) is 4.81. The fourth-order valence-corrected chi connectivity index (χ4v) is 3.45. The number of aromatic nitrogens is 1. The normalized spacial score (nSPS) is 12.1. The van der Waals surface area contributed by atoms with E-state index in [4.69, 9.17) is 0 Å². The molecule has 148 valence electrons. The predicted molar refractivity (Wildman–Crippen MR) is 110 cm³/mol. The monoisotopic (exact) mass is 410 g/mol. The van der Waals surface area contributed by atoms with Gasteiger partial charge < -0.3 is 15.5 Å². The first-order chi connectivity index (χ1) is 13.6. The number of nitrogens with zero attached hydrogens (tertiary/aromatic N) is 1. The number of carbonyl (C=O) groups is 2. The van der Waals surface area contributed by atoms with Crippen molar-refractivity contribution >= 4 is 24.0 Å². The SMILES string of the molecule is Cl.O=C1c2cccc(O)c2C(=O)c2c(O)cc(CNCCc3cccnc3)cc21. The molecule has 1 heterocycles. The third-order valence-electron chi connectivity index (χ3n) is 4.81. The van der Waals surface area contributed by atoms with Gasteiger partial charge in [0.15, 0.2) is 5.78 Å². The lowest BCUT2D eigenvalue weighted by molar-refractivity contribution is 0.0974. The molecule has 1 aromatic heterocycles. The molecule has 0 radical (unpaired) electrons. The van der Waals surface area contributed by atoms with Crippen LogP contribution < -0.4 is 5.32 Å². The van der Waals surface area contributed by atoms with Gasteiger partial charge in [0.2, 0.25) is 5.78 Å². The van der Waals surface area contributed by atoms with Gasteiger partial charge in [-0.2, -0.15) is 0 Å². The van der Waals surface area contributed by atoms with E-state index in [2.05, 4.69) is 10.3 Å². The van der Waals surface area contributed by atoms with Crippen LogP contribution >= 0.6 is 12.4 Å². The Morgan fingerprint density at radius 1 is 0.862 bits per heavy atom. The minimum Gasteiger partial charge on any atom is -0.507 e. The second-order valence-corrected chi connectivity index (χ2v) is 6.68. The maximum Gasteiger partial charge on any atom is 0.201 e. The molecule has 0 atom stereocenters. The number of benzene rings is 2. The molecule has 29 heavy (non-hydrogen) atoms. The molecule has 7 heteroatoms. The zero-order valence-electron chi connectivity index (χ0n) is 15.4. The Hall–Kier alpha value is -3.22. The minimum atomic E-state index is -0.545. The lowest BCUT2D eigenvalue weighted by Crippen LogP contribution is -2.22. The molecule has 1 aliphatic rings. The Kier molecular flexibility index (Phi) is 5.96. The van der Waals surface area contributed by atoms with Crippen molar-refractivity contribution in [3.8, 4) is 11.5 Å². The zero-order chi connectivity index (χ0) is 19.7. The highest BCUT2D eigenvalue weighted by Crippen LogP contribution is 2.37. The number of carbonyl (C=O) groups excluding carboxylic acids is 2. The molecule has 6 nitrogen and oxygen atoms in total. The van der Waals surface area contributed by atoms with Crippen LogP contribution in [-0.2, 0) is 13.0 Å². The molecule has 0 unspecified atom stereocenters. The molecule has 0 spiro atoms. The van der Waals surface area contributed by atoms with Crippen LogP contribution in [0.4, 0.5) is 0 Å². The molecule has 3 aromatic rings. The minimum absolute atomic E-state index is 0. The molecule has 0 aliphatic heterocycles. The van der Waals surface area contributed by atoms with Crippen molar-refractivity contribution < 1.29 is 19.8 Å². The highest BCUT2D eigenvalue weighted by atomic mass is 35.5. The second kappa shape index (κ2) is 8.43. The molecule has 0 amide bonds. The Bertz CT molecular complexity index is 1080. The smallest absolute Gasteiger partial charge is 0.201 e. The van der Waals surface area contributed by atoms with E-state index in [1.807, 2.05) is 18.3 Å². The number of hydrogen-bond donors (Lipinski definition) is 3. The van der Waals surface area contributed by atoms with Crippen molar-refractivity contribution in [1.29, 1.82) is 0 Å². The maximum atomic E-state index is 12.8. The maximum absolute atomic E-state index is 12.8. The van der Waals surface area contributed by atoms with E-state index in [0.29, 0.717) is 18.7 Å². The lowest BCUT2D eigenvalue weighted by Gasteiger charge is -2.20. The summed E-state index contributed by atoms with van der Waals surface area (Å²) in [6.07, 6.45) is 4.33. The number of ketones is 2. The fraction of sp³-hybridized carbons (Fsp3) is 0.136. The van der Waals surface area contributed by atoms with Crippen molar-refractivity contribution in [2.75, 3.05) is 6.54 Å². The first kappa shape index (κ1) is 20.5. The Labute approximate surface area is 173 Å². The molecule has 4 rings (SSSR count). The van der Waals surface area contributed by atoms with Crippen molar-refractivity contribution in [2.45, 2.75) is 13.0 Å². The van der Waals surface area contributed by atoms with Crippen molar-refractivity contribution in [3.63, 3.8) is 0 Å². The van der Waals surface area contributed by atoms with E-state index in [0.717, 1.165) is 12.0 Å². The van der Waals surface area contributed by atoms with Crippen LogP contribution in [0.2, 0.25) is 0 Å². The van der Waals surface area contributed by atoms with E-state index in [1.54, 1.807) is 12.3 Å². The number of phenolic OH excluding ortho intramolecular Hbond substituents is 2. The zero-order valence-corrected chi connectivity index (χ0v) is 16.2. The fourth-order valence-electron chi connectivity index (χ4n) is 3.45. The van der Waals surface area contributed by atoms with Crippen LogP contribution in [0, 0.1) is 0 Å². The Morgan fingerprint density at radius 2 is 1.66 bits per heavy atom. The molecular formula is C22H19ClN2O4. The van der Waals surface area contributed by atoms with Crippen LogP contribution in [0.15, 0.2) is 54.9 Å². The summed E-state index contributed by atoms with van der Waals surface area (Å²) in [5.41, 5.74) is 2.01. The number of halogens is 1. The highest BCUT2D eigenvalue weighted by Gasteiger charge is 2.34. The van der Waals surface area contributed by atoms with Gasteiger partial charge in [-0.05, 0) is 48.4 Å². The molecule has 0 saturated heterocycles. The summed E-state index contributed by atoms with van der Waals surface area (Å²) in [5, 5.41) is 23.6. The summed E-state index contributed by atoms with van der Waals surface area (Å²) < 4.78 is 0. The van der Waals surface area contributed by atoms with Crippen molar-refractivity contribution in [3.05, 3.63) is 88.2 Å². The molecule has 3 N–H and O–H groups in total. The number of hydrogen-bond acceptors (Lipinski definition) is 6. The van der Waals surface area contributed by atoms with Crippen LogP contribution in [0.5, 0.6) is 11.5 Å². The van der Waals surface area contributed by atoms with Gasteiger partial charge in [0.1, 0.15) is 11.5 Å². The van der Waals surface area contributed by atoms with Crippen molar-refractivity contribution in [2.24, 2.45) is 0 Å². The molecule has 2 aromatic carbocycles. The summed E-state index contributed by atoms with van der Waals surface area (Å²) in [6.45, 7) is 1.14. The first-order valence-corrected chi connectivity index (χ1v) is 8.93. The van der Waals surface area contributed by atoms with Gasteiger partial charge >= 0.3 is 0 Å². The van der Waals surface area contributed by atoms with E-state index < -0.39 is 5.78 Å². The highest BCUT2D eigenvalue weighted by molar-refractivity contribution is 6.30. The number of aromatic hydroxyl groups is 2. The van der Waals surface area contributed by atoms with Gasteiger partial charge in [-0.15, -0.1) is 12.4 Å². The average molecular weight is 411 g/mol. The summed E-state index contributed by atoms with van der Waals surface area (Å²) in [5.74, 6) is -1.44. The van der Waals surface area contributed by atoms with Crippen LogP contribution in [0.3, 0.4) is 0 Å². The van der Waals surface area contributed by atoms with Crippen LogP contribution in [-0.4, -0.2) is 33.3 Å². The number of fused-ring (bicyclic) bond motifs is 2. The summed E-state index contributed by atoms with van der Waals surface area (Å²) >= 11 is 0. The predicted octanol–water partition coefficient (Wildman–Crippen LogP) is 3.02. The molecule has 1 aliphatic carbocycles. The Morgan fingerprint density at radius 3 is 2.41 bits per heavy atom. The molecular weight excluding hydrogens is 392 g/mol. The number of rotatable bonds is 5. The number of pyridine rings is 1. The summed E-state index contributed by atoms with van der Waals surface area (Å²) in [6, 6.07) is 11.4. The van der Waals surface area contributed by atoms with Gasteiger partial charge in [0.25, 0.3) is 0 Å². The van der Waals surface area contributed by atoms with Gasteiger partial charge in [-0.3, -0.25) is 14.6 Å². The molecule has 0 bridgehead atoms. The number of nitrogens with one attached hydrogen (secondary N) is 1. The van der Waals surface area contributed by atoms with E-state index in [1.165, 1.54) is 24.3 Å². The molecule has 0 fully saturated rings. The lowest BCUT2D eigenvalue weighted by atomic mass is 9.82. The topological polar surface area (TPSA) is 99.5 Å². The van der Waals surface area contributed by atoms with Crippen LogP contribution in [0.1, 0.15) is 43.0 Å². The van der Waals surface area contributed by atoms with E-state index in [9.17, 15) is 19.8 Å². The molecule has 0 saturated carbocycles. The first-order valence-electron chi connectivity index (χ1n) is 8.93. The van der Waals surface area contributed by atoms with E-state index >= 15 is 0 Å². The quantitative estimate of drug-likeness (QED) is 0.437. The average Bonchev–Trinajstić information content (AvgIpc) is 2.69. The van der Waals surface area contributed by atoms with Crippen LogP contribution in [0.25, 0.3) is 0 Å². The standard InChI is InChI=1S/C22H18N2O4.ClH/c25-17-5-1-4-15-19(17)22(28)20-16(21(15)27)9-14(10-18(20)26)12-24-8-6-13-3-2-7-23-11-13;/h1-5,7,9-11,24-26H,6,8,12H2;1H. The Balaban J connectivity index is 0.00000240. The summed E-state index contributed by atoms with van der Waals surface area (Å²) in [7, 11) is 0. The van der Waals surface area contributed by atoms with Gasteiger partial charge in [-0.1, -0.05) is 18.2 Å². The van der Waals surface area contributed by atoms with Crippen molar-refractivity contribution in [1.82, 2.24) is 10.3 Å². The third kappa shape index (κ3) is 3.85. The summed E-state index contributed by atoms with van der Waals surface area (Å²) in [4.78, 5) is 29.6. The largest absolute Gasteiger partial charge is 0.507 e. The van der Waals surface area contributed by atoms with Gasteiger partial charge in [0, 0.05) is 30.1 Å². The number of phenols is 2. The second-order valence-electron chi connectivity index (χ2n) is 6.68. The van der Waals surface area contributed by atoms with Gasteiger partial charge in [-0.25, -0.2) is 0 Å². The van der Waals surface area contributed by atoms with Gasteiger partial charge in [0.05, 0.1) is 11.1 Å². The van der Waals surface area contributed by atoms with E-state index in [-0.39, 0.29) is 51.9 Å².